The van der Waals surface area contributed by atoms with Crippen LogP contribution in [0.1, 0.15) is 50.2 Å². The van der Waals surface area contributed by atoms with Gasteiger partial charge in [0.05, 0.1) is 19.6 Å². The van der Waals surface area contributed by atoms with Gasteiger partial charge in [-0.15, -0.1) is 0 Å². The summed E-state index contributed by atoms with van der Waals surface area (Å²) in [5.74, 6) is 1.02. The highest BCUT2D eigenvalue weighted by atomic mass is 16.5. The number of aryl methyl sites for hydroxylation is 1. The molecule has 0 aromatic heterocycles. The Balaban J connectivity index is 1.74. The third-order valence-electron chi connectivity index (χ3n) is 5.06. The van der Waals surface area contributed by atoms with Gasteiger partial charge in [-0.3, -0.25) is 9.59 Å². The molecule has 1 amide bonds. The molecule has 27 heavy (non-hydrogen) atoms. The summed E-state index contributed by atoms with van der Waals surface area (Å²) < 4.78 is 10.8. The van der Waals surface area contributed by atoms with Crippen molar-refractivity contribution in [2.45, 2.75) is 52.5 Å². The molecule has 0 aliphatic carbocycles. The van der Waals surface area contributed by atoms with Gasteiger partial charge in [0, 0.05) is 26.1 Å². The summed E-state index contributed by atoms with van der Waals surface area (Å²) in [6.07, 6.45) is 3.40. The van der Waals surface area contributed by atoms with E-state index in [0.717, 1.165) is 43.7 Å². The molecule has 0 radical (unpaired) electrons. The van der Waals surface area contributed by atoms with Crippen molar-refractivity contribution >= 4 is 11.9 Å². The van der Waals surface area contributed by atoms with Gasteiger partial charge in [-0.1, -0.05) is 6.07 Å². The molecule has 1 unspecified atom stereocenters. The second-order valence-electron chi connectivity index (χ2n) is 7.08. The lowest BCUT2D eigenvalue weighted by molar-refractivity contribution is -0.146. The van der Waals surface area contributed by atoms with Crippen molar-refractivity contribution in [3.8, 4) is 5.75 Å². The van der Waals surface area contributed by atoms with Crippen molar-refractivity contribution < 1.29 is 19.1 Å². The van der Waals surface area contributed by atoms with Crippen LogP contribution >= 0.6 is 0 Å². The highest BCUT2D eigenvalue weighted by Gasteiger charge is 2.24. The van der Waals surface area contributed by atoms with E-state index in [4.69, 9.17) is 15.2 Å². The van der Waals surface area contributed by atoms with Crippen LogP contribution in [0.4, 0.5) is 0 Å². The predicted molar refractivity (Wildman–Crippen MR) is 104 cm³/mol. The molecule has 150 valence electrons. The van der Waals surface area contributed by atoms with Crippen LogP contribution < -0.4 is 10.5 Å². The molecule has 0 spiro atoms. The number of ether oxygens (including phenoxy) is 2. The molecule has 1 heterocycles. The van der Waals surface area contributed by atoms with Crippen molar-refractivity contribution in [3.63, 3.8) is 0 Å². The number of benzene rings is 1. The molecule has 0 saturated carbocycles. The first-order chi connectivity index (χ1) is 13.0. The van der Waals surface area contributed by atoms with Crippen LogP contribution in [0.3, 0.4) is 0 Å². The van der Waals surface area contributed by atoms with Crippen LogP contribution in [-0.4, -0.2) is 43.1 Å². The monoisotopic (exact) mass is 376 g/mol. The minimum Gasteiger partial charge on any atom is -0.494 e. The Morgan fingerprint density at radius 1 is 1.30 bits per heavy atom. The van der Waals surface area contributed by atoms with Gasteiger partial charge in [-0.2, -0.15) is 0 Å². The van der Waals surface area contributed by atoms with Gasteiger partial charge < -0.3 is 20.1 Å². The van der Waals surface area contributed by atoms with Gasteiger partial charge in [-0.25, -0.2) is 0 Å². The number of carbonyl (C=O) groups excluding carboxylic acids is 2. The molecular formula is C21H32N2O4. The van der Waals surface area contributed by atoms with E-state index in [2.05, 4.69) is 0 Å². The van der Waals surface area contributed by atoms with Crippen molar-refractivity contribution in [2.75, 3.05) is 26.3 Å². The van der Waals surface area contributed by atoms with E-state index in [9.17, 15) is 9.59 Å². The number of carbonyl (C=O) groups is 2. The van der Waals surface area contributed by atoms with Crippen molar-refractivity contribution in [3.05, 3.63) is 29.3 Å². The number of nitrogens with zero attached hydrogens (tertiary/aromatic N) is 1. The predicted octanol–water partition coefficient (Wildman–Crippen LogP) is 2.80. The fraction of sp³-hybridized carbons (Fsp3) is 0.619. The normalized spacial score (nSPS) is 16.9. The molecule has 1 aliphatic heterocycles. The molecule has 0 bridgehead atoms. The Kier molecular flexibility index (Phi) is 8.58. The second kappa shape index (κ2) is 10.9. The lowest BCUT2D eigenvalue weighted by Crippen LogP contribution is -2.40. The summed E-state index contributed by atoms with van der Waals surface area (Å²) in [5.41, 5.74) is 8.02. The van der Waals surface area contributed by atoms with Gasteiger partial charge in [-0.05, 0) is 62.3 Å². The number of amides is 1. The summed E-state index contributed by atoms with van der Waals surface area (Å²) in [6, 6.07) is 6.00. The third kappa shape index (κ3) is 6.86. The average Bonchev–Trinajstić information content (AvgIpc) is 2.68. The number of rotatable bonds is 9. The summed E-state index contributed by atoms with van der Waals surface area (Å²) in [7, 11) is 0. The first kappa shape index (κ1) is 21.2. The number of hydrogen-bond acceptors (Lipinski definition) is 5. The molecule has 2 rings (SSSR count). The number of nitrogens with two attached hydrogens (primary N) is 1. The lowest BCUT2D eigenvalue weighted by atomic mass is 9.95. The Bertz CT molecular complexity index is 633. The minimum absolute atomic E-state index is 0.0415. The molecule has 2 N–H and O–H groups in total. The number of likely N-dealkylation sites (tertiary alicyclic amines) is 1. The van der Waals surface area contributed by atoms with Crippen LogP contribution in [-0.2, 0) is 20.9 Å². The Labute approximate surface area is 162 Å². The van der Waals surface area contributed by atoms with E-state index in [-0.39, 0.29) is 24.7 Å². The van der Waals surface area contributed by atoms with Gasteiger partial charge in [0.15, 0.2) is 0 Å². The first-order valence-corrected chi connectivity index (χ1v) is 9.89. The minimum atomic E-state index is -0.303. The smallest absolute Gasteiger partial charge is 0.306 e. The Morgan fingerprint density at radius 3 is 2.85 bits per heavy atom. The van der Waals surface area contributed by atoms with Crippen LogP contribution in [0.2, 0.25) is 0 Å². The maximum atomic E-state index is 12.3. The van der Waals surface area contributed by atoms with Gasteiger partial charge in [0.25, 0.3) is 0 Å². The van der Waals surface area contributed by atoms with E-state index in [1.54, 1.807) is 6.92 Å². The largest absolute Gasteiger partial charge is 0.494 e. The van der Waals surface area contributed by atoms with Crippen LogP contribution in [0.15, 0.2) is 18.2 Å². The molecule has 1 aromatic rings. The topological polar surface area (TPSA) is 81.9 Å². The molecule has 1 aliphatic rings. The molecule has 6 nitrogen and oxygen atoms in total. The molecule has 1 saturated heterocycles. The molecule has 1 fully saturated rings. The first-order valence-electron chi connectivity index (χ1n) is 9.89. The zero-order valence-corrected chi connectivity index (χ0v) is 16.5. The molecule has 1 aromatic carbocycles. The SMILES string of the molecule is CCOC(=O)CCC(=O)N1CCCC(CCOc2ccc(C)c(CN)c2)C1. The highest BCUT2D eigenvalue weighted by molar-refractivity contribution is 5.81. The molecule has 1 atom stereocenters. The second-order valence-corrected chi connectivity index (χ2v) is 7.08. The van der Waals surface area contributed by atoms with Crippen LogP contribution in [0.5, 0.6) is 5.75 Å². The number of hydrogen-bond donors (Lipinski definition) is 1. The van der Waals surface area contributed by atoms with E-state index in [1.165, 1.54) is 5.56 Å². The Hall–Kier alpha value is -2.08. The van der Waals surface area contributed by atoms with Crippen LogP contribution in [0.25, 0.3) is 0 Å². The van der Waals surface area contributed by atoms with Gasteiger partial charge >= 0.3 is 5.97 Å². The van der Waals surface area contributed by atoms with Crippen molar-refractivity contribution in [2.24, 2.45) is 11.7 Å². The zero-order valence-electron chi connectivity index (χ0n) is 16.5. The zero-order chi connectivity index (χ0) is 19.6. The fourth-order valence-electron chi connectivity index (χ4n) is 3.43. The molecular weight excluding hydrogens is 344 g/mol. The summed E-state index contributed by atoms with van der Waals surface area (Å²) in [6.45, 7) is 6.82. The maximum Gasteiger partial charge on any atom is 0.306 e. The van der Waals surface area contributed by atoms with E-state index in [0.29, 0.717) is 25.7 Å². The summed E-state index contributed by atoms with van der Waals surface area (Å²) in [4.78, 5) is 25.6. The Morgan fingerprint density at radius 2 is 2.11 bits per heavy atom. The van der Waals surface area contributed by atoms with Crippen molar-refractivity contribution in [1.82, 2.24) is 4.90 Å². The summed E-state index contributed by atoms with van der Waals surface area (Å²) in [5, 5.41) is 0. The average molecular weight is 376 g/mol. The van der Waals surface area contributed by atoms with E-state index in [1.807, 2.05) is 30.0 Å². The van der Waals surface area contributed by atoms with Crippen LogP contribution in [0, 0.1) is 12.8 Å². The van der Waals surface area contributed by atoms with E-state index >= 15 is 0 Å². The standard InChI is InChI=1S/C21H32N2O4/c1-3-26-21(25)9-8-20(24)23-11-4-5-17(15-23)10-12-27-19-7-6-16(2)18(13-19)14-22/h6-7,13,17H,3-5,8-12,14-15,22H2,1-2H3. The summed E-state index contributed by atoms with van der Waals surface area (Å²) >= 11 is 0. The van der Waals surface area contributed by atoms with Gasteiger partial charge in [0.1, 0.15) is 5.75 Å². The molecule has 6 heteroatoms. The van der Waals surface area contributed by atoms with Crippen molar-refractivity contribution in [1.29, 1.82) is 0 Å². The van der Waals surface area contributed by atoms with E-state index < -0.39 is 0 Å². The highest BCUT2D eigenvalue weighted by Crippen LogP contribution is 2.22. The maximum absolute atomic E-state index is 12.3. The lowest BCUT2D eigenvalue weighted by Gasteiger charge is -2.32. The number of piperidine rings is 1. The quantitative estimate of drug-likeness (QED) is 0.670. The number of esters is 1. The third-order valence-corrected chi connectivity index (χ3v) is 5.06. The van der Waals surface area contributed by atoms with Gasteiger partial charge in [0.2, 0.25) is 5.91 Å². The fourth-order valence-corrected chi connectivity index (χ4v) is 3.43.